The molecule has 3 heterocycles. The van der Waals surface area contributed by atoms with Crippen LogP contribution in [0.2, 0.25) is 0 Å². The molecular weight excluding hydrogens is 286 g/mol. The van der Waals surface area contributed by atoms with Crippen molar-refractivity contribution in [3.8, 4) is 5.82 Å². The van der Waals surface area contributed by atoms with Crippen LogP contribution < -0.4 is 5.32 Å². The minimum absolute atomic E-state index is 0.638. The van der Waals surface area contributed by atoms with Gasteiger partial charge in [0.05, 0.1) is 24.2 Å². The molecule has 0 unspecified atom stereocenters. The molecule has 3 aromatic heterocycles. The third-order valence-corrected chi connectivity index (χ3v) is 3.45. The van der Waals surface area contributed by atoms with Gasteiger partial charge in [0.1, 0.15) is 24.2 Å². The lowest BCUT2D eigenvalue weighted by Crippen LogP contribution is -2.01. The molecule has 0 saturated carbocycles. The van der Waals surface area contributed by atoms with E-state index in [0.717, 1.165) is 28.8 Å². The van der Waals surface area contributed by atoms with Crippen molar-refractivity contribution >= 4 is 17.4 Å². The van der Waals surface area contributed by atoms with Crippen LogP contribution in [-0.4, -0.2) is 26.0 Å². The van der Waals surface area contributed by atoms with Crippen molar-refractivity contribution in [1.82, 2.24) is 19.7 Å². The summed E-state index contributed by atoms with van der Waals surface area (Å²) in [5.74, 6) is 3.55. The van der Waals surface area contributed by atoms with Crippen LogP contribution in [-0.2, 0) is 12.3 Å². The molecule has 0 aliphatic heterocycles. The van der Waals surface area contributed by atoms with E-state index < -0.39 is 0 Å². The Kier molecular flexibility index (Phi) is 4.20. The Morgan fingerprint density at radius 3 is 2.86 bits per heavy atom. The van der Waals surface area contributed by atoms with Crippen molar-refractivity contribution < 1.29 is 4.42 Å². The molecule has 0 aliphatic carbocycles. The van der Waals surface area contributed by atoms with E-state index in [-0.39, 0.29) is 0 Å². The van der Waals surface area contributed by atoms with E-state index in [0.29, 0.717) is 6.54 Å². The van der Waals surface area contributed by atoms with Crippen LogP contribution in [0.4, 0.5) is 5.69 Å². The Labute approximate surface area is 126 Å². The molecule has 0 radical (unpaired) electrons. The average molecular weight is 301 g/mol. The summed E-state index contributed by atoms with van der Waals surface area (Å²) in [6, 6.07) is 7.85. The van der Waals surface area contributed by atoms with Crippen molar-refractivity contribution in [2.75, 3.05) is 11.6 Å². The quantitative estimate of drug-likeness (QED) is 0.755. The molecule has 6 nitrogen and oxygen atoms in total. The van der Waals surface area contributed by atoms with Crippen LogP contribution >= 0.6 is 11.8 Å². The molecule has 0 aliphatic rings. The van der Waals surface area contributed by atoms with Gasteiger partial charge in [-0.05, 0) is 30.5 Å². The van der Waals surface area contributed by atoms with E-state index in [9.17, 15) is 0 Å². The monoisotopic (exact) mass is 301 g/mol. The molecule has 7 heteroatoms. The average Bonchev–Trinajstić information content (AvgIpc) is 3.18. The first-order chi connectivity index (χ1) is 10.3. The summed E-state index contributed by atoms with van der Waals surface area (Å²) in [4.78, 5) is 8.23. The second-order valence-corrected chi connectivity index (χ2v) is 5.27. The Hall–Kier alpha value is -2.28. The molecule has 0 spiro atoms. The summed E-state index contributed by atoms with van der Waals surface area (Å²) in [7, 11) is 0. The predicted octanol–water partition coefficient (Wildman–Crippen LogP) is 2.73. The third kappa shape index (κ3) is 3.43. The Balaban J connectivity index is 1.60. The molecule has 1 N–H and O–H groups in total. The lowest BCUT2D eigenvalue weighted by atomic mass is 10.3. The number of pyridine rings is 1. The second-order valence-electron chi connectivity index (χ2n) is 4.40. The highest BCUT2D eigenvalue weighted by molar-refractivity contribution is 7.97. The van der Waals surface area contributed by atoms with Crippen molar-refractivity contribution in [3.05, 3.63) is 54.6 Å². The summed E-state index contributed by atoms with van der Waals surface area (Å²) >= 11 is 1.75. The standard InChI is InChI=1S/C14H15N5OS/c1-21-8-13-4-3-12(20-13)7-16-11-2-5-14(17-6-11)19-10-15-9-18-19/h2-6,9-10,16H,7-8H2,1H3. The fourth-order valence-corrected chi connectivity index (χ4v) is 2.32. The van der Waals surface area contributed by atoms with E-state index in [2.05, 4.69) is 26.6 Å². The number of hydrogen-bond acceptors (Lipinski definition) is 6. The topological polar surface area (TPSA) is 68.8 Å². The molecule has 0 saturated heterocycles. The van der Waals surface area contributed by atoms with Crippen LogP contribution in [0.15, 0.2) is 47.5 Å². The first-order valence-corrected chi connectivity index (χ1v) is 7.86. The van der Waals surface area contributed by atoms with Gasteiger partial charge in [-0.25, -0.2) is 14.6 Å². The van der Waals surface area contributed by atoms with Crippen LogP contribution in [0.5, 0.6) is 0 Å². The molecule has 21 heavy (non-hydrogen) atoms. The zero-order chi connectivity index (χ0) is 14.5. The van der Waals surface area contributed by atoms with Crippen molar-refractivity contribution in [3.63, 3.8) is 0 Å². The Bertz CT molecular complexity index is 678. The number of anilines is 1. The summed E-state index contributed by atoms with van der Waals surface area (Å²) in [5.41, 5.74) is 0.932. The van der Waals surface area contributed by atoms with Gasteiger partial charge in [-0.3, -0.25) is 0 Å². The molecule has 0 atom stereocenters. The lowest BCUT2D eigenvalue weighted by Gasteiger charge is -2.05. The molecule has 0 amide bonds. The number of aromatic nitrogens is 4. The second kappa shape index (κ2) is 6.45. The zero-order valence-corrected chi connectivity index (χ0v) is 12.4. The minimum atomic E-state index is 0.638. The van der Waals surface area contributed by atoms with Crippen LogP contribution in [0.1, 0.15) is 11.5 Å². The van der Waals surface area contributed by atoms with Gasteiger partial charge in [-0.2, -0.15) is 16.9 Å². The maximum absolute atomic E-state index is 5.70. The highest BCUT2D eigenvalue weighted by atomic mass is 32.2. The highest BCUT2D eigenvalue weighted by Crippen LogP contribution is 2.15. The maximum atomic E-state index is 5.70. The lowest BCUT2D eigenvalue weighted by molar-refractivity contribution is 0.487. The summed E-state index contributed by atoms with van der Waals surface area (Å²) in [6.07, 6.45) is 6.92. The molecule has 108 valence electrons. The van der Waals surface area contributed by atoms with Gasteiger partial charge in [0.15, 0.2) is 5.82 Å². The minimum Gasteiger partial charge on any atom is -0.463 e. The fourth-order valence-electron chi connectivity index (χ4n) is 1.88. The van der Waals surface area contributed by atoms with Gasteiger partial charge in [0, 0.05) is 0 Å². The van der Waals surface area contributed by atoms with Gasteiger partial charge < -0.3 is 9.73 Å². The fraction of sp³-hybridized carbons (Fsp3) is 0.214. The SMILES string of the molecule is CSCc1ccc(CNc2ccc(-n3cncn3)nc2)o1. The van der Waals surface area contributed by atoms with Gasteiger partial charge in [-0.15, -0.1) is 0 Å². The van der Waals surface area contributed by atoms with Gasteiger partial charge in [-0.1, -0.05) is 0 Å². The maximum Gasteiger partial charge on any atom is 0.155 e. The van der Waals surface area contributed by atoms with Crippen molar-refractivity contribution in [2.24, 2.45) is 0 Å². The first-order valence-electron chi connectivity index (χ1n) is 6.46. The Morgan fingerprint density at radius 1 is 1.24 bits per heavy atom. The number of furan rings is 1. The molecule has 0 aromatic carbocycles. The number of nitrogens with zero attached hydrogens (tertiary/aromatic N) is 4. The van der Waals surface area contributed by atoms with E-state index >= 15 is 0 Å². The summed E-state index contributed by atoms with van der Waals surface area (Å²) in [5, 5.41) is 7.32. The normalized spacial score (nSPS) is 10.7. The van der Waals surface area contributed by atoms with Crippen molar-refractivity contribution in [2.45, 2.75) is 12.3 Å². The number of rotatable bonds is 6. The van der Waals surface area contributed by atoms with Crippen LogP contribution in [0, 0.1) is 0 Å². The number of hydrogen-bond donors (Lipinski definition) is 1. The molecular formula is C14H15N5OS. The van der Waals surface area contributed by atoms with Gasteiger partial charge >= 0.3 is 0 Å². The van der Waals surface area contributed by atoms with E-state index in [4.69, 9.17) is 4.42 Å². The van der Waals surface area contributed by atoms with E-state index in [1.807, 2.05) is 24.3 Å². The smallest absolute Gasteiger partial charge is 0.155 e. The third-order valence-electron chi connectivity index (χ3n) is 2.87. The summed E-state index contributed by atoms with van der Waals surface area (Å²) in [6.45, 7) is 0.638. The number of thioether (sulfide) groups is 1. The molecule has 3 aromatic rings. The molecule has 3 rings (SSSR count). The first kappa shape index (κ1) is 13.7. The summed E-state index contributed by atoms with van der Waals surface area (Å²) < 4.78 is 7.32. The van der Waals surface area contributed by atoms with E-state index in [1.54, 1.807) is 29.0 Å². The highest BCUT2D eigenvalue weighted by Gasteiger charge is 2.03. The van der Waals surface area contributed by atoms with Crippen LogP contribution in [0.3, 0.4) is 0 Å². The largest absolute Gasteiger partial charge is 0.463 e. The zero-order valence-electron chi connectivity index (χ0n) is 11.6. The number of nitrogens with one attached hydrogen (secondary N) is 1. The predicted molar refractivity (Wildman–Crippen MR) is 82.4 cm³/mol. The molecule has 0 bridgehead atoms. The Morgan fingerprint density at radius 2 is 2.14 bits per heavy atom. The van der Waals surface area contributed by atoms with Gasteiger partial charge in [0.25, 0.3) is 0 Å². The van der Waals surface area contributed by atoms with Crippen molar-refractivity contribution in [1.29, 1.82) is 0 Å². The van der Waals surface area contributed by atoms with Crippen LogP contribution in [0.25, 0.3) is 5.82 Å². The van der Waals surface area contributed by atoms with E-state index in [1.165, 1.54) is 6.33 Å². The van der Waals surface area contributed by atoms with Gasteiger partial charge in [0.2, 0.25) is 0 Å². The molecule has 0 fully saturated rings.